The molecule has 0 aliphatic carbocycles. The van der Waals surface area contributed by atoms with Gasteiger partial charge in [-0.25, -0.2) is 4.79 Å². The summed E-state index contributed by atoms with van der Waals surface area (Å²) >= 11 is 6.15. The number of esters is 1. The van der Waals surface area contributed by atoms with Gasteiger partial charge < -0.3 is 9.64 Å². The zero-order valence-electron chi connectivity index (χ0n) is 13.4. The molecule has 1 aromatic carbocycles. The maximum Gasteiger partial charge on any atom is 0.328 e. The van der Waals surface area contributed by atoms with Crippen LogP contribution in [-0.4, -0.2) is 24.7 Å². The molecule has 0 unspecified atom stereocenters. The van der Waals surface area contributed by atoms with Crippen LogP contribution in [0.3, 0.4) is 0 Å². The van der Waals surface area contributed by atoms with Gasteiger partial charge in [0.05, 0.1) is 7.11 Å². The average Bonchev–Trinajstić information content (AvgIpc) is 2.42. The lowest BCUT2D eigenvalue weighted by atomic mass is 9.79. The fourth-order valence-corrected chi connectivity index (χ4v) is 3.78. The van der Waals surface area contributed by atoms with E-state index in [1.807, 2.05) is 25.1 Å². The van der Waals surface area contributed by atoms with Gasteiger partial charge in [-0.1, -0.05) is 25.4 Å². The third kappa shape index (κ3) is 2.89. The highest BCUT2D eigenvalue weighted by molar-refractivity contribution is 6.30. The van der Waals surface area contributed by atoms with Crippen LogP contribution in [0, 0.1) is 0 Å². The number of methoxy groups -OCH3 is 1. The van der Waals surface area contributed by atoms with E-state index in [0.29, 0.717) is 12.3 Å². The van der Waals surface area contributed by atoms with Gasteiger partial charge in [0.1, 0.15) is 6.04 Å². The van der Waals surface area contributed by atoms with E-state index in [1.54, 1.807) is 0 Å². The lowest BCUT2D eigenvalue weighted by molar-refractivity contribution is -0.142. The number of hydrogen-bond acceptors (Lipinski definition) is 3. The molecule has 116 valence electrons. The Kier molecular flexibility index (Phi) is 4.52. The monoisotopic (exact) mass is 309 g/mol. The van der Waals surface area contributed by atoms with Crippen molar-refractivity contribution < 1.29 is 9.53 Å². The Bertz CT molecular complexity index is 542. The lowest BCUT2D eigenvalue weighted by Gasteiger charge is -2.50. The number of nitrogens with zero attached hydrogens (tertiary/aromatic N) is 1. The Hall–Kier alpha value is -1.22. The van der Waals surface area contributed by atoms with Crippen molar-refractivity contribution in [1.29, 1.82) is 0 Å². The van der Waals surface area contributed by atoms with E-state index in [0.717, 1.165) is 17.1 Å². The summed E-state index contributed by atoms with van der Waals surface area (Å²) in [5, 5.41) is 0.742. The predicted octanol–water partition coefficient (Wildman–Crippen LogP) is 4.38. The van der Waals surface area contributed by atoms with Gasteiger partial charge in [0, 0.05) is 16.2 Å². The number of rotatable bonds is 3. The Labute approximate surface area is 132 Å². The quantitative estimate of drug-likeness (QED) is 0.776. The number of hydrogen-bond donors (Lipinski definition) is 0. The van der Waals surface area contributed by atoms with Gasteiger partial charge in [0.15, 0.2) is 0 Å². The van der Waals surface area contributed by atoms with Crippen LogP contribution in [0.4, 0.5) is 5.69 Å². The molecule has 0 N–H and O–H groups in total. The number of anilines is 1. The molecule has 0 amide bonds. The van der Waals surface area contributed by atoms with E-state index in [-0.39, 0.29) is 17.6 Å². The Morgan fingerprint density at radius 2 is 2.19 bits per heavy atom. The van der Waals surface area contributed by atoms with Crippen LogP contribution in [0.5, 0.6) is 0 Å². The summed E-state index contributed by atoms with van der Waals surface area (Å²) in [5.74, 6) is 0.237. The number of carbonyl (C=O) groups is 1. The highest BCUT2D eigenvalue weighted by Crippen LogP contribution is 2.45. The van der Waals surface area contributed by atoms with Crippen molar-refractivity contribution in [1.82, 2.24) is 0 Å². The van der Waals surface area contributed by atoms with Gasteiger partial charge >= 0.3 is 5.97 Å². The smallest absolute Gasteiger partial charge is 0.328 e. The summed E-state index contributed by atoms with van der Waals surface area (Å²) in [7, 11) is 1.45. The molecule has 1 aliphatic heterocycles. The van der Waals surface area contributed by atoms with Gasteiger partial charge in [-0.05, 0) is 56.4 Å². The predicted molar refractivity (Wildman–Crippen MR) is 87.1 cm³/mol. The minimum absolute atomic E-state index is 0.102. The topological polar surface area (TPSA) is 29.5 Å². The van der Waals surface area contributed by atoms with E-state index >= 15 is 0 Å². The number of carbonyl (C=O) groups excluding carboxylic acids is 1. The molecule has 1 aliphatic rings. The Morgan fingerprint density at radius 3 is 2.76 bits per heavy atom. The van der Waals surface area contributed by atoms with Crippen LogP contribution in [0.1, 0.15) is 52.0 Å². The zero-order chi connectivity index (χ0) is 15.8. The van der Waals surface area contributed by atoms with Crippen molar-refractivity contribution in [2.75, 3.05) is 12.0 Å². The van der Waals surface area contributed by atoms with Crippen LogP contribution >= 0.6 is 11.6 Å². The molecule has 0 aromatic heterocycles. The molecule has 1 heterocycles. The number of ether oxygens (including phenoxy) is 1. The highest BCUT2D eigenvalue weighted by Gasteiger charge is 2.42. The van der Waals surface area contributed by atoms with Crippen molar-refractivity contribution in [3.05, 3.63) is 28.8 Å². The average molecular weight is 310 g/mol. The SMILES string of the molecule is CC[C@H](C(=O)OC)N1c2ccc(Cl)cc2[C@@H](C)CC1(C)C. The molecule has 1 aromatic rings. The van der Waals surface area contributed by atoms with Crippen LogP contribution in [0.15, 0.2) is 18.2 Å². The standard InChI is InChI=1S/C17H24ClNO2/c1-6-14(16(20)21-5)19-15-8-7-12(18)9-13(15)11(2)10-17(19,3)4/h7-9,11,14H,6,10H2,1-5H3/t11-,14+/m0/s1. The second-order valence-electron chi connectivity index (χ2n) is 6.44. The summed E-state index contributed by atoms with van der Waals surface area (Å²) in [6.45, 7) is 8.61. The van der Waals surface area contributed by atoms with Crippen molar-refractivity contribution in [2.45, 2.75) is 58.0 Å². The van der Waals surface area contributed by atoms with Crippen LogP contribution in [0.2, 0.25) is 5.02 Å². The van der Waals surface area contributed by atoms with Crippen molar-refractivity contribution in [3.63, 3.8) is 0 Å². The second-order valence-corrected chi connectivity index (χ2v) is 6.87. The van der Waals surface area contributed by atoms with Crippen LogP contribution in [-0.2, 0) is 9.53 Å². The van der Waals surface area contributed by atoms with Crippen LogP contribution in [0.25, 0.3) is 0 Å². The fourth-order valence-electron chi connectivity index (χ4n) is 3.60. The van der Waals surface area contributed by atoms with Crippen molar-refractivity contribution >= 4 is 23.3 Å². The first-order valence-corrected chi connectivity index (χ1v) is 7.86. The third-order valence-electron chi connectivity index (χ3n) is 4.41. The molecule has 4 heteroatoms. The van der Waals surface area contributed by atoms with Gasteiger partial charge in [0.2, 0.25) is 0 Å². The first-order chi connectivity index (χ1) is 9.81. The molecule has 0 fully saturated rings. The molecule has 0 radical (unpaired) electrons. The normalized spacial score (nSPS) is 21.6. The maximum absolute atomic E-state index is 12.2. The summed E-state index contributed by atoms with van der Waals surface area (Å²) in [4.78, 5) is 14.4. The second kappa shape index (κ2) is 5.88. The van der Waals surface area contributed by atoms with Gasteiger partial charge in [-0.15, -0.1) is 0 Å². The van der Waals surface area contributed by atoms with Crippen molar-refractivity contribution in [2.24, 2.45) is 0 Å². The number of halogens is 1. The minimum Gasteiger partial charge on any atom is -0.467 e. The molecule has 3 nitrogen and oxygen atoms in total. The van der Waals surface area contributed by atoms with E-state index in [4.69, 9.17) is 16.3 Å². The molecular formula is C17H24ClNO2. The molecule has 0 saturated carbocycles. The third-order valence-corrected chi connectivity index (χ3v) is 4.64. The van der Waals surface area contributed by atoms with E-state index in [2.05, 4.69) is 25.7 Å². The molecule has 0 bridgehead atoms. The molecule has 2 rings (SSSR count). The molecule has 2 atom stereocenters. The first kappa shape index (κ1) is 16.2. The van der Waals surface area contributed by atoms with E-state index < -0.39 is 0 Å². The number of fused-ring (bicyclic) bond motifs is 1. The van der Waals surface area contributed by atoms with Crippen LogP contribution < -0.4 is 4.90 Å². The molecule has 0 spiro atoms. The summed E-state index contributed by atoms with van der Waals surface area (Å²) in [5.41, 5.74) is 2.21. The molecule has 21 heavy (non-hydrogen) atoms. The molecule has 0 saturated heterocycles. The zero-order valence-corrected chi connectivity index (χ0v) is 14.2. The highest BCUT2D eigenvalue weighted by atomic mass is 35.5. The van der Waals surface area contributed by atoms with Gasteiger partial charge in [0.25, 0.3) is 0 Å². The van der Waals surface area contributed by atoms with Crippen molar-refractivity contribution in [3.8, 4) is 0 Å². The largest absolute Gasteiger partial charge is 0.467 e. The van der Waals surface area contributed by atoms with Gasteiger partial charge in [-0.3, -0.25) is 0 Å². The summed E-state index contributed by atoms with van der Waals surface area (Å²) in [6.07, 6.45) is 1.69. The lowest BCUT2D eigenvalue weighted by Crippen LogP contribution is -2.56. The number of benzene rings is 1. The first-order valence-electron chi connectivity index (χ1n) is 7.48. The Morgan fingerprint density at radius 1 is 1.52 bits per heavy atom. The molecular weight excluding hydrogens is 286 g/mol. The van der Waals surface area contributed by atoms with Gasteiger partial charge in [-0.2, -0.15) is 0 Å². The minimum atomic E-state index is -0.266. The summed E-state index contributed by atoms with van der Waals surface area (Å²) in [6, 6.07) is 5.68. The Balaban J connectivity index is 2.57. The van der Waals surface area contributed by atoms with E-state index in [9.17, 15) is 4.79 Å². The fraction of sp³-hybridized carbons (Fsp3) is 0.588. The summed E-state index contributed by atoms with van der Waals surface area (Å²) < 4.78 is 5.01. The van der Waals surface area contributed by atoms with E-state index in [1.165, 1.54) is 12.7 Å². The maximum atomic E-state index is 12.2.